The first-order valence-electron chi connectivity index (χ1n) is 10.3. The summed E-state index contributed by atoms with van der Waals surface area (Å²) >= 11 is 0. The van der Waals surface area contributed by atoms with E-state index >= 15 is 0 Å². The molecular weight excluding hydrogens is 394 g/mol. The van der Waals surface area contributed by atoms with Crippen molar-refractivity contribution < 1.29 is 14.6 Å². The van der Waals surface area contributed by atoms with Crippen LogP contribution in [0.1, 0.15) is 35.2 Å². The molecule has 0 spiro atoms. The predicted molar refractivity (Wildman–Crippen MR) is 118 cm³/mol. The number of nitrogens with one attached hydrogen (secondary N) is 2. The molecule has 7 heteroatoms. The highest BCUT2D eigenvalue weighted by Gasteiger charge is 2.51. The van der Waals surface area contributed by atoms with E-state index in [1.807, 2.05) is 73.6 Å². The summed E-state index contributed by atoms with van der Waals surface area (Å²) < 4.78 is 5.62. The molecule has 1 heterocycles. The van der Waals surface area contributed by atoms with Crippen LogP contribution in [0.5, 0.6) is 0 Å². The molecule has 1 aliphatic rings. The number of fused-ring (bicyclic) bond motifs is 1. The van der Waals surface area contributed by atoms with Crippen molar-refractivity contribution in [2.75, 3.05) is 19.0 Å². The molecule has 7 nitrogen and oxygen atoms in total. The van der Waals surface area contributed by atoms with Gasteiger partial charge in [0.15, 0.2) is 0 Å². The fourth-order valence-electron chi connectivity index (χ4n) is 4.41. The molecular formula is C24H27N3O4. The highest BCUT2D eigenvalue weighted by molar-refractivity contribution is 5.77. The van der Waals surface area contributed by atoms with Crippen molar-refractivity contribution in [3.8, 4) is 0 Å². The number of carbonyl (C=O) groups excluding carboxylic acids is 1. The zero-order chi connectivity index (χ0) is 22.2. The maximum atomic E-state index is 13.3. The Bertz CT molecular complexity index is 1110. The number of aromatic amines is 2. The number of nitrogens with zero attached hydrogens (tertiary/aromatic N) is 1. The first-order valence-corrected chi connectivity index (χ1v) is 10.3. The summed E-state index contributed by atoms with van der Waals surface area (Å²) in [4.78, 5) is 27.9. The molecule has 162 valence electrons. The van der Waals surface area contributed by atoms with Crippen molar-refractivity contribution in [2.24, 2.45) is 5.92 Å². The summed E-state index contributed by atoms with van der Waals surface area (Å²) in [5, 5.41) is 16.8. The summed E-state index contributed by atoms with van der Waals surface area (Å²) in [5.74, 6) is -2.08. The summed E-state index contributed by atoms with van der Waals surface area (Å²) in [6, 6.07) is 17.1. The molecule has 1 aromatic heterocycles. The van der Waals surface area contributed by atoms with Crippen LogP contribution in [0.15, 0.2) is 59.4 Å². The second-order valence-electron chi connectivity index (χ2n) is 8.54. The van der Waals surface area contributed by atoms with E-state index < -0.39 is 23.4 Å². The molecule has 31 heavy (non-hydrogen) atoms. The maximum Gasteiger partial charge on any atom is 0.313 e. The number of aromatic nitrogens is 2. The largest absolute Gasteiger partial charge is 0.460 e. The van der Waals surface area contributed by atoms with Gasteiger partial charge in [0.25, 0.3) is 5.56 Å². The highest BCUT2D eigenvalue weighted by atomic mass is 16.5. The fraction of sp³-hybridized carbons (Fsp3) is 0.333. The molecule has 0 bridgehead atoms. The van der Waals surface area contributed by atoms with Crippen LogP contribution < -0.4 is 10.5 Å². The van der Waals surface area contributed by atoms with Crippen LogP contribution in [0.25, 0.3) is 0 Å². The Morgan fingerprint density at radius 2 is 1.81 bits per heavy atom. The Kier molecular flexibility index (Phi) is 5.45. The molecule has 0 amide bonds. The van der Waals surface area contributed by atoms with Gasteiger partial charge in [0.05, 0.1) is 11.5 Å². The van der Waals surface area contributed by atoms with E-state index in [1.165, 1.54) is 0 Å². The molecule has 0 saturated heterocycles. The maximum absolute atomic E-state index is 13.3. The SMILES string of the molecule is CN(C)c1ccc([C@@H]2c3c([nH][nH]c3=O)C[C@](C)(O)[C@@H]2C(=O)OCc2ccccc2)cc1. The van der Waals surface area contributed by atoms with E-state index in [0.29, 0.717) is 11.3 Å². The van der Waals surface area contributed by atoms with Gasteiger partial charge in [-0.25, -0.2) is 0 Å². The zero-order valence-electron chi connectivity index (χ0n) is 17.9. The van der Waals surface area contributed by atoms with Gasteiger partial charge in [-0.1, -0.05) is 42.5 Å². The number of aliphatic hydroxyl groups is 1. The van der Waals surface area contributed by atoms with Crippen LogP contribution in [-0.4, -0.2) is 41.0 Å². The summed E-state index contributed by atoms with van der Waals surface area (Å²) in [5.41, 5.74) is 2.05. The van der Waals surface area contributed by atoms with Gasteiger partial charge in [0.2, 0.25) is 0 Å². The molecule has 0 saturated carbocycles. The predicted octanol–water partition coefficient (Wildman–Crippen LogP) is 2.57. The summed E-state index contributed by atoms with van der Waals surface area (Å²) in [7, 11) is 3.89. The lowest BCUT2D eigenvalue weighted by Crippen LogP contribution is -2.50. The molecule has 0 radical (unpaired) electrons. The lowest BCUT2D eigenvalue weighted by Gasteiger charge is -2.40. The number of rotatable bonds is 5. The van der Waals surface area contributed by atoms with Gasteiger partial charge in [0.1, 0.15) is 6.61 Å². The van der Waals surface area contributed by atoms with E-state index in [0.717, 1.165) is 16.8 Å². The van der Waals surface area contributed by atoms with Gasteiger partial charge >= 0.3 is 5.97 Å². The first-order chi connectivity index (χ1) is 14.8. The molecule has 4 rings (SSSR count). The van der Waals surface area contributed by atoms with E-state index in [4.69, 9.17) is 4.74 Å². The highest BCUT2D eigenvalue weighted by Crippen LogP contribution is 2.44. The Morgan fingerprint density at radius 1 is 1.13 bits per heavy atom. The number of benzene rings is 2. The van der Waals surface area contributed by atoms with Crippen LogP contribution >= 0.6 is 0 Å². The zero-order valence-corrected chi connectivity index (χ0v) is 17.9. The molecule has 2 aromatic carbocycles. The molecule has 3 N–H and O–H groups in total. The Hall–Kier alpha value is -3.32. The van der Waals surface area contributed by atoms with E-state index in [2.05, 4.69) is 10.2 Å². The number of hydrogen-bond acceptors (Lipinski definition) is 5. The first kappa shape index (κ1) is 20.9. The van der Waals surface area contributed by atoms with Crippen LogP contribution in [0.2, 0.25) is 0 Å². The van der Waals surface area contributed by atoms with Crippen molar-refractivity contribution in [3.63, 3.8) is 0 Å². The van der Waals surface area contributed by atoms with Gasteiger partial charge in [-0.3, -0.25) is 14.7 Å². The number of carbonyl (C=O) groups is 1. The third-order valence-electron chi connectivity index (χ3n) is 5.99. The second-order valence-corrected chi connectivity index (χ2v) is 8.54. The lowest BCUT2D eigenvalue weighted by atomic mass is 9.66. The van der Waals surface area contributed by atoms with Crippen molar-refractivity contribution in [3.05, 3.63) is 87.3 Å². The van der Waals surface area contributed by atoms with E-state index in [9.17, 15) is 14.7 Å². The third-order valence-corrected chi connectivity index (χ3v) is 5.99. The lowest BCUT2D eigenvalue weighted by molar-refractivity contribution is -0.161. The Morgan fingerprint density at radius 3 is 2.45 bits per heavy atom. The molecule has 0 fully saturated rings. The smallest absolute Gasteiger partial charge is 0.313 e. The van der Waals surface area contributed by atoms with Crippen LogP contribution in [0.4, 0.5) is 5.69 Å². The van der Waals surface area contributed by atoms with Crippen LogP contribution in [-0.2, 0) is 22.6 Å². The number of anilines is 1. The summed E-state index contributed by atoms with van der Waals surface area (Å²) in [6.07, 6.45) is 0.151. The van der Waals surface area contributed by atoms with Crippen LogP contribution in [0.3, 0.4) is 0 Å². The third kappa shape index (κ3) is 4.01. The molecule has 0 aliphatic heterocycles. The normalized spacial score (nSPS) is 22.6. The summed E-state index contributed by atoms with van der Waals surface area (Å²) in [6.45, 7) is 1.73. The average Bonchev–Trinajstić information content (AvgIpc) is 3.10. The van der Waals surface area contributed by atoms with Gasteiger partial charge in [0, 0.05) is 43.4 Å². The van der Waals surface area contributed by atoms with Gasteiger partial charge in [-0.2, -0.15) is 0 Å². The van der Waals surface area contributed by atoms with Crippen molar-refractivity contribution in [2.45, 2.75) is 31.5 Å². The van der Waals surface area contributed by atoms with Crippen molar-refractivity contribution >= 4 is 11.7 Å². The average molecular weight is 421 g/mol. The molecule has 3 atom stereocenters. The van der Waals surface area contributed by atoms with Gasteiger partial charge in [-0.05, 0) is 30.2 Å². The fourth-order valence-corrected chi connectivity index (χ4v) is 4.41. The molecule has 1 aliphatic carbocycles. The van der Waals surface area contributed by atoms with Crippen molar-refractivity contribution in [1.29, 1.82) is 0 Å². The quantitative estimate of drug-likeness (QED) is 0.550. The number of H-pyrrole nitrogens is 2. The van der Waals surface area contributed by atoms with E-state index in [1.54, 1.807) is 6.92 Å². The Balaban J connectivity index is 1.73. The van der Waals surface area contributed by atoms with E-state index in [-0.39, 0.29) is 18.6 Å². The van der Waals surface area contributed by atoms with Crippen LogP contribution in [0, 0.1) is 5.92 Å². The molecule has 0 unspecified atom stereocenters. The molecule has 3 aromatic rings. The Labute approximate surface area is 180 Å². The van der Waals surface area contributed by atoms with Gasteiger partial charge in [-0.15, -0.1) is 0 Å². The minimum absolute atomic E-state index is 0.106. The number of hydrogen-bond donors (Lipinski definition) is 3. The minimum Gasteiger partial charge on any atom is -0.460 e. The standard InChI is InChI=1S/C24H27N3O4/c1-24(30)13-18-20(22(28)26-25-18)19(16-9-11-17(12-10-16)27(2)3)21(24)23(29)31-14-15-7-5-4-6-8-15/h4-12,19,21,30H,13-14H2,1-3H3,(H2,25,26,28)/t19-,21+,24+/m1/s1. The van der Waals surface area contributed by atoms with Crippen molar-refractivity contribution in [1.82, 2.24) is 10.2 Å². The number of esters is 1. The second kappa shape index (κ2) is 8.07. The monoisotopic (exact) mass is 421 g/mol. The van der Waals surface area contributed by atoms with Gasteiger partial charge < -0.3 is 19.8 Å². The minimum atomic E-state index is -1.39. The number of ether oxygens (including phenoxy) is 1. The topological polar surface area (TPSA) is 98.4 Å².